The van der Waals surface area contributed by atoms with Crippen LogP contribution >= 0.6 is 11.6 Å². The molecule has 0 bridgehead atoms. The summed E-state index contributed by atoms with van der Waals surface area (Å²) in [5, 5.41) is 4.26. The van der Waals surface area contributed by atoms with Gasteiger partial charge in [0, 0.05) is 24.9 Å². The first kappa shape index (κ1) is 18.2. The van der Waals surface area contributed by atoms with Crippen molar-refractivity contribution in [2.45, 2.75) is 50.5 Å². The molecule has 0 unspecified atom stereocenters. The normalized spacial score (nSPS) is 21.1. The van der Waals surface area contributed by atoms with Crippen molar-refractivity contribution in [1.29, 1.82) is 0 Å². The summed E-state index contributed by atoms with van der Waals surface area (Å²) in [6.07, 6.45) is 3.29. The van der Waals surface area contributed by atoms with Crippen LogP contribution in [0.15, 0.2) is 22.7 Å². The highest BCUT2D eigenvalue weighted by Crippen LogP contribution is 2.39. The first-order chi connectivity index (χ1) is 13.0. The Morgan fingerprint density at radius 3 is 2.93 bits per heavy atom. The minimum Gasteiger partial charge on any atom is -0.479 e. The SMILES string of the molecule is C[C@H](Oc1ccc(F)cc1Cl)C(=O)N1CCC[C@@H](c2noc(C3CC3)n2)C1. The maximum atomic E-state index is 13.2. The first-order valence-corrected chi connectivity index (χ1v) is 9.63. The summed E-state index contributed by atoms with van der Waals surface area (Å²) in [7, 11) is 0. The predicted molar refractivity (Wildman–Crippen MR) is 96.3 cm³/mol. The largest absolute Gasteiger partial charge is 0.479 e. The summed E-state index contributed by atoms with van der Waals surface area (Å²) < 4.78 is 24.2. The van der Waals surface area contributed by atoms with Crippen molar-refractivity contribution in [3.05, 3.63) is 40.8 Å². The number of amides is 1. The second-order valence-corrected chi connectivity index (χ2v) is 7.63. The van der Waals surface area contributed by atoms with Crippen molar-refractivity contribution in [2.75, 3.05) is 13.1 Å². The molecular weight excluding hydrogens is 373 g/mol. The van der Waals surface area contributed by atoms with E-state index < -0.39 is 11.9 Å². The highest BCUT2D eigenvalue weighted by molar-refractivity contribution is 6.32. The molecule has 0 N–H and O–H groups in total. The number of nitrogens with zero attached hydrogens (tertiary/aromatic N) is 3. The fourth-order valence-electron chi connectivity index (χ4n) is 3.37. The van der Waals surface area contributed by atoms with Gasteiger partial charge in [-0.05, 0) is 50.8 Å². The molecule has 27 heavy (non-hydrogen) atoms. The lowest BCUT2D eigenvalue weighted by Gasteiger charge is -2.33. The molecule has 1 amide bonds. The number of likely N-dealkylation sites (tertiary alicyclic amines) is 1. The number of aromatic nitrogens is 2. The minimum absolute atomic E-state index is 0.0700. The van der Waals surface area contributed by atoms with Crippen molar-refractivity contribution in [2.24, 2.45) is 0 Å². The van der Waals surface area contributed by atoms with Gasteiger partial charge in [0.05, 0.1) is 5.02 Å². The zero-order valence-corrected chi connectivity index (χ0v) is 15.8. The molecule has 144 valence electrons. The number of carbonyl (C=O) groups excluding carboxylic acids is 1. The van der Waals surface area contributed by atoms with Crippen LogP contribution in [0.2, 0.25) is 5.02 Å². The molecule has 0 radical (unpaired) electrons. The van der Waals surface area contributed by atoms with Crippen LogP contribution in [-0.2, 0) is 4.79 Å². The monoisotopic (exact) mass is 393 g/mol. The van der Waals surface area contributed by atoms with E-state index in [1.54, 1.807) is 11.8 Å². The van der Waals surface area contributed by atoms with Gasteiger partial charge in [0.2, 0.25) is 5.89 Å². The Morgan fingerprint density at radius 1 is 1.37 bits per heavy atom. The third-order valence-corrected chi connectivity index (χ3v) is 5.32. The average Bonchev–Trinajstić information content (AvgIpc) is 3.40. The Hall–Kier alpha value is -2.15. The summed E-state index contributed by atoms with van der Waals surface area (Å²) in [6, 6.07) is 3.85. The van der Waals surface area contributed by atoms with Crippen LogP contribution < -0.4 is 4.74 Å². The van der Waals surface area contributed by atoms with Gasteiger partial charge in [0.15, 0.2) is 11.9 Å². The second kappa shape index (κ2) is 7.46. The number of halogens is 2. The lowest BCUT2D eigenvalue weighted by molar-refractivity contribution is -0.139. The Kier molecular flexibility index (Phi) is 5.04. The van der Waals surface area contributed by atoms with E-state index in [1.807, 2.05) is 0 Å². The quantitative estimate of drug-likeness (QED) is 0.770. The summed E-state index contributed by atoms with van der Waals surface area (Å²) in [5.41, 5.74) is 0. The summed E-state index contributed by atoms with van der Waals surface area (Å²) in [6.45, 7) is 2.87. The van der Waals surface area contributed by atoms with Gasteiger partial charge in [-0.25, -0.2) is 4.39 Å². The van der Waals surface area contributed by atoms with Crippen molar-refractivity contribution in [3.8, 4) is 5.75 Å². The van der Waals surface area contributed by atoms with Gasteiger partial charge in [-0.2, -0.15) is 4.98 Å². The Bertz CT molecular complexity index is 839. The maximum Gasteiger partial charge on any atom is 0.263 e. The molecule has 2 aliphatic rings. The smallest absolute Gasteiger partial charge is 0.263 e. The fraction of sp³-hybridized carbons (Fsp3) is 0.526. The van der Waals surface area contributed by atoms with Crippen molar-refractivity contribution >= 4 is 17.5 Å². The summed E-state index contributed by atoms with van der Waals surface area (Å²) >= 11 is 5.98. The molecule has 1 aliphatic heterocycles. The van der Waals surface area contributed by atoms with Crippen LogP contribution in [-0.4, -0.2) is 40.1 Å². The third-order valence-electron chi connectivity index (χ3n) is 5.03. The molecule has 2 fully saturated rings. The lowest BCUT2D eigenvalue weighted by Crippen LogP contribution is -2.45. The minimum atomic E-state index is -0.723. The number of hydrogen-bond donors (Lipinski definition) is 0. The first-order valence-electron chi connectivity index (χ1n) is 9.25. The standard InChI is InChI=1S/C19H21ClFN3O3/c1-11(26-16-7-6-14(21)9-15(16)20)19(25)24-8-2-3-13(10-24)17-22-18(27-23-17)12-4-5-12/h6-7,9,11-13H,2-5,8,10H2,1H3/t11-,13+/m0/s1. The van der Waals surface area contributed by atoms with E-state index in [2.05, 4.69) is 10.1 Å². The molecule has 1 aromatic carbocycles. The summed E-state index contributed by atoms with van der Waals surface area (Å²) in [4.78, 5) is 19.1. The van der Waals surface area contributed by atoms with Crippen LogP contribution in [0, 0.1) is 5.82 Å². The van der Waals surface area contributed by atoms with E-state index >= 15 is 0 Å². The molecule has 6 nitrogen and oxygen atoms in total. The molecule has 8 heteroatoms. The van der Waals surface area contributed by atoms with Crippen molar-refractivity contribution in [3.63, 3.8) is 0 Å². The Balaban J connectivity index is 1.39. The van der Waals surface area contributed by atoms with Gasteiger partial charge in [-0.15, -0.1) is 0 Å². The number of rotatable bonds is 5. The van der Waals surface area contributed by atoms with Crippen LogP contribution in [0.25, 0.3) is 0 Å². The van der Waals surface area contributed by atoms with Crippen molar-refractivity contribution < 1.29 is 18.4 Å². The van der Waals surface area contributed by atoms with E-state index in [0.717, 1.165) is 31.6 Å². The van der Waals surface area contributed by atoms with Gasteiger partial charge in [0.1, 0.15) is 11.6 Å². The fourth-order valence-corrected chi connectivity index (χ4v) is 3.58. The number of ether oxygens (including phenoxy) is 1. The Labute approximate surface area is 161 Å². The molecule has 2 heterocycles. The van der Waals surface area contributed by atoms with Crippen LogP contribution in [0.1, 0.15) is 56.2 Å². The van der Waals surface area contributed by atoms with Gasteiger partial charge < -0.3 is 14.2 Å². The Morgan fingerprint density at radius 2 is 2.19 bits per heavy atom. The molecule has 1 aromatic heterocycles. The molecular formula is C19H21ClFN3O3. The van der Waals surface area contributed by atoms with E-state index in [9.17, 15) is 9.18 Å². The van der Waals surface area contributed by atoms with Gasteiger partial charge in [-0.3, -0.25) is 4.79 Å². The van der Waals surface area contributed by atoms with E-state index in [0.29, 0.717) is 30.6 Å². The molecule has 1 aliphatic carbocycles. The highest BCUT2D eigenvalue weighted by Gasteiger charge is 2.34. The molecule has 2 atom stereocenters. The molecule has 1 saturated heterocycles. The van der Waals surface area contributed by atoms with E-state index in [1.165, 1.54) is 18.2 Å². The zero-order chi connectivity index (χ0) is 19.0. The van der Waals surface area contributed by atoms with Crippen molar-refractivity contribution in [1.82, 2.24) is 15.0 Å². The topological polar surface area (TPSA) is 68.5 Å². The lowest BCUT2D eigenvalue weighted by atomic mass is 9.97. The number of piperidine rings is 1. The van der Waals surface area contributed by atoms with Crippen LogP contribution in [0.5, 0.6) is 5.75 Å². The third kappa shape index (κ3) is 4.08. The molecule has 4 rings (SSSR count). The molecule has 1 saturated carbocycles. The van der Waals surface area contributed by atoms with Crippen LogP contribution in [0.4, 0.5) is 4.39 Å². The number of carbonyl (C=O) groups is 1. The highest BCUT2D eigenvalue weighted by atomic mass is 35.5. The van der Waals surface area contributed by atoms with E-state index in [-0.39, 0.29) is 16.8 Å². The number of hydrogen-bond acceptors (Lipinski definition) is 5. The number of benzene rings is 1. The molecule has 2 aromatic rings. The molecule has 0 spiro atoms. The van der Waals surface area contributed by atoms with Gasteiger partial charge >= 0.3 is 0 Å². The average molecular weight is 394 g/mol. The van der Waals surface area contributed by atoms with E-state index in [4.69, 9.17) is 20.9 Å². The second-order valence-electron chi connectivity index (χ2n) is 7.22. The van der Waals surface area contributed by atoms with Gasteiger partial charge in [-0.1, -0.05) is 16.8 Å². The summed E-state index contributed by atoms with van der Waals surface area (Å²) in [5.74, 6) is 1.60. The zero-order valence-electron chi connectivity index (χ0n) is 15.0. The predicted octanol–water partition coefficient (Wildman–Crippen LogP) is 3.91. The maximum absolute atomic E-state index is 13.2. The van der Waals surface area contributed by atoms with Gasteiger partial charge in [0.25, 0.3) is 5.91 Å². The van der Waals surface area contributed by atoms with Crippen LogP contribution in [0.3, 0.4) is 0 Å².